The standard InChI is InChI=1S/C23H25N3O5S/c1-14-7-6-8-15(2)22(14)25-19(27)11-24-23(30)16(3)31-21(29)12-26-17-9-4-5-10-18(17)32-13-20(26)28/h4-10,16H,11-13H2,1-3H3,(H,24,30)(H,25,27). The fourth-order valence-corrected chi connectivity index (χ4v) is 4.19. The predicted molar refractivity (Wildman–Crippen MR) is 123 cm³/mol. The van der Waals surface area contributed by atoms with Crippen LogP contribution in [0.3, 0.4) is 0 Å². The molecule has 0 aliphatic carbocycles. The van der Waals surface area contributed by atoms with Crippen molar-refractivity contribution < 1.29 is 23.9 Å². The van der Waals surface area contributed by atoms with E-state index in [2.05, 4.69) is 10.6 Å². The number of ether oxygens (including phenoxy) is 1. The van der Waals surface area contributed by atoms with Crippen molar-refractivity contribution in [1.29, 1.82) is 0 Å². The molecule has 1 atom stereocenters. The number of carbonyl (C=O) groups is 4. The van der Waals surface area contributed by atoms with Crippen LogP contribution in [-0.4, -0.2) is 48.6 Å². The first-order chi connectivity index (χ1) is 15.3. The molecule has 0 spiro atoms. The van der Waals surface area contributed by atoms with E-state index in [0.29, 0.717) is 11.4 Å². The third kappa shape index (κ3) is 5.67. The first-order valence-electron chi connectivity index (χ1n) is 10.1. The minimum absolute atomic E-state index is 0.203. The van der Waals surface area contributed by atoms with E-state index in [0.717, 1.165) is 16.0 Å². The van der Waals surface area contributed by atoms with E-state index in [4.69, 9.17) is 4.74 Å². The Morgan fingerprint density at radius 1 is 1.09 bits per heavy atom. The lowest BCUT2D eigenvalue weighted by atomic mass is 10.1. The zero-order valence-corrected chi connectivity index (χ0v) is 19.0. The lowest BCUT2D eigenvalue weighted by Crippen LogP contribution is -2.43. The summed E-state index contributed by atoms with van der Waals surface area (Å²) >= 11 is 1.41. The van der Waals surface area contributed by atoms with Crippen LogP contribution in [0.1, 0.15) is 18.1 Å². The number of rotatable bonds is 7. The highest BCUT2D eigenvalue weighted by Crippen LogP contribution is 2.34. The van der Waals surface area contributed by atoms with Crippen LogP contribution in [0.5, 0.6) is 0 Å². The number of nitrogens with zero attached hydrogens (tertiary/aromatic N) is 1. The molecule has 0 fully saturated rings. The molecule has 3 rings (SSSR count). The molecule has 32 heavy (non-hydrogen) atoms. The summed E-state index contributed by atoms with van der Waals surface area (Å²) in [6, 6.07) is 13.0. The third-order valence-corrected chi connectivity index (χ3v) is 5.99. The Hall–Kier alpha value is -3.33. The number of hydrogen-bond acceptors (Lipinski definition) is 6. The molecule has 0 aromatic heterocycles. The van der Waals surface area contributed by atoms with Crippen molar-refractivity contribution in [3.05, 3.63) is 53.6 Å². The van der Waals surface area contributed by atoms with Crippen molar-refractivity contribution >= 4 is 46.8 Å². The SMILES string of the molecule is Cc1cccc(C)c1NC(=O)CNC(=O)C(C)OC(=O)CN1C(=O)CSc2ccccc21. The van der Waals surface area contributed by atoms with Gasteiger partial charge in [0.15, 0.2) is 6.10 Å². The van der Waals surface area contributed by atoms with Gasteiger partial charge >= 0.3 is 5.97 Å². The molecule has 2 aromatic rings. The van der Waals surface area contributed by atoms with Gasteiger partial charge in [-0.15, -0.1) is 11.8 Å². The van der Waals surface area contributed by atoms with Gasteiger partial charge in [0.05, 0.1) is 18.0 Å². The van der Waals surface area contributed by atoms with Gasteiger partial charge in [-0.1, -0.05) is 30.3 Å². The van der Waals surface area contributed by atoms with Crippen molar-refractivity contribution in [3.8, 4) is 0 Å². The Labute approximate surface area is 190 Å². The maximum Gasteiger partial charge on any atom is 0.326 e. The van der Waals surface area contributed by atoms with Crippen LogP contribution in [-0.2, 0) is 23.9 Å². The second-order valence-corrected chi connectivity index (χ2v) is 8.42. The summed E-state index contributed by atoms with van der Waals surface area (Å²) in [7, 11) is 0. The van der Waals surface area contributed by atoms with Gasteiger partial charge in [-0.25, -0.2) is 0 Å². The topological polar surface area (TPSA) is 105 Å². The van der Waals surface area contributed by atoms with Crippen LogP contribution in [0.25, 0.3) is 0 Å². The Morgan fingerprint density at radius 2 is 1.78 bits per heavy atom. The van der Waals surface area contributed by atoms with E-state index in [9.17, 15) is 19.2 Å². The fourth-order valence-electron chi connectivity index (χ4n) is 3.25. The minimum Gasteiger partial charge on any atom is -0.451 e. The zero-order valence-electron chi connectivity index (χ0n) is 18.1. The number of carbonyl (C=O) groups excluding carboxylic acids is 4. The van der Waals surface area contributed by atoms with Gasteiger partial charge in [-0.3, -0.25) is 24.1 Å². The first kappa shape index (κ1) is 23.3. The number of para-hydroxylation sites is 2. The number of amides is 3. The van der Waals surface area contributed by atoms with E-state index in [1.54, 1.807) is 12.1 Å². The molecule has 1 aliphatic rings. The van der Waals surface area contributed by atoms with Gasteiger partial charge < -0.3 is 15.4 Å². The number of thioether (sulfide) groups is 1. The van der Waals surface area contributed by atoms with Crippen molar-refractivity contribution in [2.75, 3.05) is 29.1 Å². The largest absolute Gasteiger partial charge is 0.451 e. The number of benzene rings is 2. The number of fused-ring (bicyclic) bond motifs is 1. The van der Waals surface area contributed by atoms with Gasteiger partial charge in [-0.2, -0.15) is 0 Å². The Balaban J connectivity index is 1.49. The Kier molecular flexibility index (Phi) is 7.53. The number of anilines is 2. The monoisotopic (exact) mass is 455 g/mol. The number of nitrogens with one attached hydrogen (secondary N) is 2. The van der Waals surface area contributed by atoms with E-state index in [1.165, 1.54) is 23.6 Å². The lowest BCUT2D eigenvalue weighted by molar-refractivity contribution is -0.153. The molecule has 0 radical (unpaired) electrons. The molecule has 2 aromatic carbocycles. The maximum absolute atomic E-state index is 12.4. The van der Waals surface area contributed by atoms with E-state index in [-0.39, 0.29) is 30.7 Å². The summed E-state index contributed by atoms with van der Waals surface area (Å²) in [5.41, 5.74) is 3.18. The normalized spacial score (nSPS) is 13.7. The summed E-state index contributed by atoms with van der Waals surface area (Å²) in [6.07, 6.45) is -1.11. The smallest absolute Gasteiger partial charge is 0.326 e. The summed E-state index contributed by atoms with van der Waals surface area (Å²) < 4.78 is 5.18. The lowest BCUT2D eigenvalue weighted by Gasteiger charge is -2.28. The molecule has 8 nitrogen and oxygen atoms in total. The molecule has 0 saturated heterocycles. The van der Waals surface area contributed by atoms with Crippen molar-refractivity contribution in [2.24, 2.45) is 0 Å². The summed E-state index contributed by atoms with van der Waals surface area (Å²) in [4.78, 5) is 51.3. The fraction of sp³-hybridized carbons (Fsp3) is 0.304. The highest BCUT2D eigenvalue weighted by Gasteiger charge is 2.28. The molecular weight excluding hydrogens is 430 g/mol. The van der Waals surface area contributed by atoms with E-state index < -0.39 is 18.0 Å². The molecule has 1 aliphatic heterocycles. The molecule has 3 amide bonds. The molecule has 2 N–H and O–H groups in total. The molecule has 168 valence electrons. The Bertz CT molecular complexity index is 1040. The van der Waals surface area contributed by atoms with Crippen molar-refractivity contribution in [2.45, 2.75) is 31.8 Å². The summed E-state index contributed by atoms with van der Waals surface area (Å²) in [5, 5.41) is 5.24. The van der Waals surface area contributed by atoms with E-state index in [1.807, 2.05) is 44.2 Å². The Morgan fingerprint density at radius 3 is 2.50 bits per heavy atom. The summed E-state index contributed by atoms with van der Waals surface area (Å²) in [5.74, 6) is -1.66. The highest BCUT2D eigenvalue weighted by atomic mass is 32.2. The van der Waals surface area contributed by atoms with Crippen LogP contribution in [0.2, 0.25) is 0 Å². The number of aryl methyl sites for hydroxylation is 2. The third-order valence-electron chi connectivity index (χ3n) is 4.94. The van der Waals surface area contributed by atoms with E-state index >= 15 is 0 Å². The quantitative estimate of drug-likeness (QED) is 0.622. The number of hydrogen-bond donors (Lipinski definition) is 2. The number of esters is 1. The molecule has 0 bridgehead atoms. The molecule has 1 heterocycles. The van der Waals surface area contributed by atoms with Gasteiger partial charge in [0.1, 0.15) is 6.54 Å². The molecule has 1 unspecified atom stereocenters. The van der Waals surface area contributed by atoms with Gasteiger partial charge in [0.2, 0.25) is 11.8 Å². The predicted octanol–water partition coefficient (Wildman–Crippen LogP) is 2.43. The highest BCUT2D eigenvalue weighted by molar-refractivity contribution is 8.00. The van der Waals surface area contributed by atoms with Crippen LogP contribution < -0.4 is 15.5 Å². The second-order valence-electron chi connectivity index (χ2n) is 7.40. The second kappa shape index (κ2) is 10.3. The maximum atomic E-state index is 12.4. The molecular formula is C23H25N3O5S. The average molecular weight is 456 g/mol. The van der Waals surface area contributed by atoms with Crippen LogP contribution in [0.4, 0.5) is 11.4 Å². The average Bonchev–Trinajstić information content (AvgIpc) is 2.76. The van der Waals surface area contributed by atoms with Gasteiger partial charge in [-0.05, 0) is 44.0 Å². The van der Waals surface area contributed by atoms with Gasteiger partial charge in [0.25, 0.3) is 5.91 Å². The van der Waals surface area contributed by atoms with Crippen LogP contribution >= 0.6 is 11.8 Å². The zero-order chi connectivity index (χ0) is 23.3. The van der Waals surface area contributed by atoms with Crippen LogP contribution in [0, 0.1) is 13.8 Å². The minimum atomic E-state index is -1.11. The van der Waals surface area contributed by atoms with Crippen molar-refractivity contribution in [1.82, 2.24) is 5.32 Å². The summed E-state index contributed by atoms with van der Waals surface area (Å²) in [6.45, 7) is 4.63. The first-order valence-corrected chi connectivity index (χ1v) is 11.1. The van der Waals surface area contributed by atoms with Crippen LogP contribution in [0.15, 0.2) is 47.4 Å². The van der Waals surface area contributed by atoms with Crippen molar-refractivity contribution in [3.63, 3.8) is 0 Å². The molecule has 9 heteroatoms. The molecule has 0 saturated carbocycles. The van der Waals surface area contributed by atoms with Gasteiger partial charge in [0, 0.05) is 10.6 Å².